The van der Waals surface area contributed by atoms with Crippen LogP contribution in [0.2, 0.25) is 0 Å². The van der Waals surface area contributed by atoms with Crippen LogP contribution in [-0.4, -0.2) is 36.5 Å². The van der Waals surface area contributed by atoms with Crippen molar-refractivity contribution in [3.05, 3.63) is 60.3 Å². The molecule has 0 radical (unpaired) electrons. The summed E-state index contributed by atoms with van der Waals surface area (Å²) < 4.78 is 16.2. The summed E-state index contributed by atoms with van der Waals surface area (Å²) in [6.07, 6.45) is 4.13. The number of carboxylic acids is 1. The molecule has 0 saturated carbocycles. The molecule has 2 heterocycles. The summed E-state index contributed by atoms with van der Waals surface area (Å²) in [6.45, 7) is -0.304. The van der Waals surface area contributed by atoms with Gasteiger partial charge in [0.15, 0.2) is 5.82 Å². The summed E-state index contributed by atoms with van der Waals surface area (Å²) in [5.74, 6) is -1.78. The van der Waals surface area contributed by atoms with Gasteiger partial charge in [-0.2, -0.15) is 10.2 Å². The van der Waals surface area contributed by atoms with Gasteiger partial charge in [0.1, 0.15) is 18.0 Å². The molecule has 1 amide bonds. The van der Waals surface area contributed by atoms with E-state index in [1.165, 1.54) is 46.2 Å². The number of benzene rings is 1. The van der Waals surface area contributed by atoms with E-state index in [1.54, 1.807) is 12.1 Å². The Bertz CT molecular complexity index is 902. The lowest BCUT2D eigenvalue weighted by Gasteiger charge is -2.02. The van der Waals surface area contributed by atoms with Crippen molar-refractivity contribution in [2.24, 2.45) is 0 Å². The Morgan fingerprint density at radius 3 is 2.79 bits per heavy atom. The van der Waals surface area contributed by atoms with E-state index in [2.05, 4.69) is 15.5 Å². The highest BCUT2D eigenvalue weighted by Crippen LogP contribution is 2.13. The lowest BCUT2D eigenvalue weighted by molar-refractivity contribution is -0.137. The number of anilines is 1. The summed E-state index contributed by atoms with van der Waals surface area (Å²) in [7, 11) is 0. The summed E-state index contributed by atoms with van der Waals surface area (Å²) in [5.41, 5.74) is 0.438. The maximum atomic E-state index is 13.7. The average molecular weight is 329 g/mol. The largest absolute Gasteiger partial charge is 0.480 e. The second-order valence-electron chi connectivity index (χ2n) is 4.87. The molecule has 24 heavy (non-hydrogen) atoms. The standard InChI is InChI=1S/C15H12FN5O3/c16-11-3-1-2-4-12(11)21-8-10(7-17-21)15(24)18-13-5-6-20(19-13)9-14(22)23/h1-8H,9H2,(H,22,23)(H,18,19,24). The second-order valence-corrected chi connectivity index (χ2v) is 4.87. The molecular weight excluding hydrogens is 317 g/mol. The molecule has 0 aliphatic heterocycles. The van der Waals surface area contributed by atoms with Crippen molar-refractivity contribution in [1.82, 2.24) is 19.6 Å². The maximum absolute atomic E-state index is 13.7. The van der Waals surface area contributed by atoms with Crippen molar-refractivity contribution < 1.29 is 19.1 Å². The van der Waals surface area contributed by atoms with Crippen molar-refractivity contribution in [3.63, 3.8) is 0 Å². The Morgan fingerprint density at radius 2 is 2.04 bits per heavy atom. The molecule has 0 aliphatic carbocycles. The van der Waals surface area contributed by atoms with Gasteiger partial charge in [-0.1, -0.05) is 12.1 Å². The fourth-order valence-electron chi connectivity index (χ4n) is 2.05. The van der Waals surface area contributed by atoms with Gasteiger partial charge in [0.05, 0.1) is 11.8 Å². The number of nitrogens with one attached hydrogen (secondary N) is 1. The van der Waals surface area contributed by atoms with Crippen LogP contribution >= 0.6 is 0 Å². The summed E-state index contributed by atoms with van der Waals surface area (Å²) in [6, 6.07) is 7.53. The number of aromatic nitrogens is 4. The highest BCUT2D eigenvalue weighted by molar-refractivity contribution is 6.03. The van der Waals surface area contributed by atoms with Gasteiger partial charge in [-0.25, -0.2) is 9.07 Å². The molecule has 0 aliphatic rings. The first-order chi connectivity index (χ1) is 11.5. The van der Waals surface area contributed by atoms with E-state index in [4.69, 9.17) is 5.11 Å². The van der Waals surface area contributed by atoms with E-state index >= 15 is 0 Å². The third-order valence-corrected chi connectivity index (χ3v) is 3.12. The molecule has 0 fully saturated rings. The van der Waals surface area contributed by atoms with Crippen LogP contribution in [0.25, 0.3) is 5.69 Å². The minimum atomic E-state index is -1.04. The molecule has 0 atom stereocenters. The van der Waals surface area contributed by atoms with Gasteiger partial charge in [0.25, 0.3) is 5.91 Å². The number of carbonyl (C=O) groups excluding carboxylic acids is 1. The molecule has 0 saturated heterocycles. The average Bonchev–Trinajstić information content (AvgIpc) is 3.17. The quantitative estimate of drug-likeness (QED) is 0.739. The molecule has 0 unspecified atom stereocenters. The number of hydrogen-bond donors (Lipinski definition) is 2. The van der Waals surface area contributed by atoms with Crippen molar-refractivity contribution >= 4 is 17.7 Å². The lowest BCUT2D eigenvalue weighted by Crippen LogP contribution is -2.13. The molecule has 0 bridgehead atoms. The number of amides is 1. The van der Waals surface area contributed by atoms with E-state index in [9.17, 15) is 14.0 Å². The Hall–Kier alpha value is -3.49. The number of halogens is 1. The molecule has 122 valence electrons. The zero-order valence-corrected chi connectivity index (χ0v) is 12.3. The Morgan fingerprint density at radius 1 is 1.25 bits per heavy atom. The molecule has 3 aromatic rings. The molecule has 3 rings (SSSR count). The fourth-order valence-corrected chi connectivity index (χ4v) is 2.05. The fraction of sp³-hybridized carbons (Fsp3) is 0.0667. The van der Waals surface area contributed by atoms with Crippen LogP contribution in [0.3, 0.4) is 0 Å². The van der Waals surface area contributed by atoms with Crippen LogP contribution < -0.4 is 5.32 Å². The van der Waals surface area contributed by atoms with E-state index in [-0.39, 0.29) is 23.6 Å². The number of nitrogens with zero attached hydrogens (tertiary/aromatic N) is 4. The highest BCUT2D eigenvalue weighted by Gasteiger charge is 2.13. The summed E-state index contributed by atoms with van der Waals surface area (Å²) >= 11 is 0. The minimum Gasteiger partial charge on any atom is -0.480 e. The van der Waals surface area contributed by atoms with Crippen LogP contribution in [0.15, 0.2) is 48.9 Å². The lowest BCUT2D eigenvalue weighted by atomic mass is 10.3. The molecule has 1 aromatic carbocycles. The minimum absolute atomic E-state index is 0.208. The third-order valence-electron chi connectivity index (χ3n) is 3.12. The molecule has 9 heteroatoms. The number of hydrogen-bond acceptors (Lipinski definition) is 4. The van der Waals surface area contributed by atoms with Crippen molar-refractivity contribution in [1.29, 1.82) is 0 Å². The highest BCUT2D eigenvalue weighted by atomic mass is 19.1. The Labute approximate surface area is 135 Å². The number of carboxylic acid groups (broad SMARTS) is 1. The predicted octanol–water partition coefficient (Wildman–Crippen LogP) is 1.54. The van der Waals surface area contributed by atoms with E-state index in [1.807, 2.05) is 0 Å². The first-order valence-electron chi connectivity index (χ1n) is 6.89. The first kappa shape index (κ1) is 15.4. The number of aliphatic carboxylic acids is 1. The number of rotatable bonds is 5. The first-order valence-corrected chi connectivity index (χ1v) is 6.89. The normalized spacial score (nSPS) is 10.5. The van der Waals surface area contributed by atoms with Crippen molar-refractivity contribution in [3.8, 4) is 5.69 Å². The van der Waals surface area contributed by atoms with Gasteiger partial charge in [-0.3, -0.25) is 14.3 Å². The van der Waals surface area contributed by atoms with Gasteiger partial charge < -0.3 is 10.4 Å². The number of carbonyl (C=O) groups is 2. The van der Waals surface area contributed by atoms with Gasteiger partial charge in [0.2, 0.25) is 0 Å². The topological polar surface area (TPSA) is 102 Å². The van der Waals surface area contributed by atoms with E-state index < -0.39 is 17.7 Å². The van der Waals surface area contributed by atoms with E-state index in [0.717, 1.165) is 0 Å². The van der Waals surface area contributed by atoms with Gasteiger partial charge in [-0.05, 0) is 12.1 Å². The summed E-state index contributed by atoms with van der Waals surface area (Å²) in [5, 5.41) is 19.1. The third kappa shape index (κ3) is 3.29. The van der Waals surface area contributed by atoms with Crippen LogP contribution in [0.5, 0.6) is 0 Å². The van der Waals surface area contributed by atoms with Crippen molar-refractivity contribution in [2.45, 2.75) is 6.54 Å². The maximum Gasteiger partial charge on any atom is 0.325 e. The van der Waals surface area contributed by atoms with E-state index in [0.29, 0.717) is 0 Å². The van der Waals surface area contributed by atoms with Crippen molar-refractivity contribution in [2.75, 3.05) is 5.32 Å². The predicted molar refractivity (Wildman–Crippen MR) is 81.3 cm³/mol. The van der Waals surface area contributed by atoms with Gasteiger partial charge in [0, 0.05) is 18.5 Å². The summed E-state index contributed by atoms with van der Waals surface area (Å²) in [4.78, 5) is 22.7. The van der Waals surface area contributed by atoms with Crippen LogP contribution in [0, 0.1) is 5.82 Å². The zero-order valence-electron chi connectivity index (χ0n) is 12.3. The van der Waals surface area contributed by atoms with Gasteiger partial charge in [-0.15, -0.1) is 0 Å². The molecule has 2 N–H and O–H groups in total. The molecule has 8 nitrogen and oxygen atoms in total. The second kappa shape index (κ2) is 6.32. The SMILES string of the molecule is O=C(O)Cn1ccc(NC(=O)c2cnn(-c3ccccc3F)c2)n1. The zero-order chi connectivity index (χ0) is 17.1. The van der Waals surface area contributed by atoms with Gasteiger partial charge >= 0.3 is 5.97 Å². The Balaban J connectivity index is 1.73. The van der Waals surface area contributed by atoms with Crippen LogP contribution in [-0.2, 0) is 11.3 Å². The molecule has 0 spiro atoms. The Kier molecular flexibility index (Phi) is 4.06. The molecule has 2 aromatic heterocycles. The molecular formula is C15H12FN5O3. The monoisotopic (exact) mass is 329 g/mol. The number of para-hydroxylation sites is 1. The van der Waals surface area contributed by atoms with Crippen LogP contribution in [0.4, 0.5) is 10.2 Å². The smallest absolute Gasteiger partial charge is 0.325 e. The van der Waals surface area contributed by atoms with Crippen LogP contribution in [0.1, 0.15) is 10.4 Å².